The molecule has 0 aliphatic rings. The molecule has 0 fully saturated rings. The Labute approximate surface area is 227 Å². The van der Waals surface area contributed by atoms with Gasteiger partial charge in [-0.2, -0.15) is 0 Å². The van der Waals surface area contributed by atoms with Crippen LogP contribution < -0.4 is 0 Å². The molecule has 0 spiro atoms. The van der Waals surface area contributed by atoms with E-state index in [-0.39, 0.29) is 0 Å². The lowest BCUT2D eigenvalue weighted by Gasteiger charge is -2.20. The number of hydrogen-bond acceptors (Lipinski definition) is 0. The minimum atomic E-state index is 0.909. The zero-order valence-electron chi connectivity index (χ0n) is 21.6. The van der Waals surface area contributed by atoms with Crippen LogP contribution in [0.4, 0.5) is 0 Å². The van der Waals surface area contributed by atoms with Crippen molar-refractivity contribution in [2.24, 2.45) is 0 Å². The zero-order valence-corrected chi connectivity index (χ0v) is 21.6. The highest BCUT2D eigenvalue weighted by Crippen LogP contribution is 2.45. The van der Waals surface area contributed by atoms with Gasteiger partial charge in [-0.1, -0.05) is 140 Å². The maximum absolute atomic E-state index is 2.43. The average molecular weight is 495 g/mol. The van der Waals surface area contributed by atoms with E-state index < -0.39 is 0 Å². The highest BCUT2D eigenvalue weighted by molar-refractivity contribution is 6.26. The molecule has 0 aliphatic heterocycles. The highest BCUT2D eigenvalue weighted by Gasteiger charge is 2.18. The fourth-order valence-electron chi connectivity index (χ4n) is 6.58. The molecule has 8 aromatic carbocycles. The maximum atomic E-state index is 2.43. The van der Waals surface area contributed by atoms with Gasteiger partial charge >= 0.3 is 0 Å². The first-order chi connectivity index (χ1) is 19.4. The second-order valence-electron chi connectivity index (χ2n) is 10.5. The normalized spacial score (nSPS) is 11.7. The van der Waals surface area contributed by atoms with Crippen LogP contribution in [0.3, 0.4) is 0 Å². The molecule has 39 heavy (non-hydrogen) atoms. The Kier molecular flexibility index (Phi) is 5.00. The van der Waals surface area contributed by atoms with Gasteiger partial charge in [0.1, 0.15) is 0 Å². The SMILES string of the molecule is c1ccc(Cc2c3ccccc3c(-c3cc4ccc5ccccc5c4c4ccccc34)c3ccccc23)cc1. The highest BCUT2D eigenvalue weighted by atomic mass is 14.2. The molecule has 0 saturated heterocycles. The van der Waals surface area contributed by atoms with Crippen LogP contribution in [0.25, 0.3) is 65.0 Å². The van der Waals surface area contributed by atoms with Crippen LogP contribution in [0.2, 0.25) is 0 Å². The van der Waals surface area contributed by atoms with Gasteiger partial charge in [0.15, 0.2) is 0 Å². The van der Waals surface area contributed by atoms with Crippen LogP contribution >= 0.6 is 0 Å². The Morgan fingerprint density at radius 2 is 0.872 bits per heavy atom. The monoisotopic (exact) mass is 494 g/mol. The van der Waals surface area contributed by atoms with Crippen molar-refractivity contribution in [3.63, 3.8) is 0 Å². The summed E-state index contributed by atoms with van der Waals surface area (Å²) in [5.74, 6) is 0. The van der Waals surface area contributed by atoms with E-state index in [1.54, 1.807) is 0 Å². The molecular formula is C39H26. The molecule has 182 valence electrons. The minimum Gasteiger partial charge on any atom is -0.0622 e. The van der Waals surface area contributed by atoms with Crippen LogP contribution in [-0.2, 0) is 6.42 Å². The van der Waals surface area contributed by atoms with Gasteiger partial charge in [0, 0.05) is 0 Å². The van der Waals surface area contributed by atoms with Gasteiger partial charge in [0.05, 0.1) is 0 Å². The van der Waals surface area contributed by atoms with Gasteiger partial charge in [-0.25, -0.2) is 0 Å². The molecule has 0 nitrogen and oxygen atoms in total. The van der Waals surface area contributed by atoms with Crippen LogP contribution in [0.5, 0.6) is 0 Å². The van der Waals surface area contributed by atoms with Crippen molar-refractivity contribution in [3.05, 3.63) is 157 Å². The van der Waals surface area contributed by atoms with Crippen LogP contribution in [-0.4, -0.2) is 0 Å². The van der Waals surface area contributed by atoms with Crippen molar-refractivity contribution in [1.82, 2.24) is 0 Å². The number of fused-ring (bicyclic) bond motifs is 7. The maximum Gasteiger partial charge on any atom is -0.00134 e. The van der Waals surface area contributed by atoms with Gasteiger partial charge in [0.25, 0.3) is 0 Å². The average Bonchev–Trinajstić information content (AvgIpc) is 3.01. The van der Waals surface area contributed by atoms with Crippen LogP contribution in [0.1, 0.15) is 11.1 Å². The lowest BCUT2D eigenvalue weighted by atomic mass is 9.83. The summed E-state index contributed by atoms with van der Waals surface area (Å²) in [5.41, 5.74) is 5.35. The van der Waals surface area contributed by atoms with E-state index in [1.165, 1.54) is 76.1 Å². The summed E-state index contributed by atoms with van der Waals surface area (Å²) in [5, 5.41) is 13.1. The van der Waals surface area contributed by atoms with Crippen molar-refractivity contribution >= 4 is 53.9 Å². The van der Waals surface area contributed by atoms with E-state index in [2.05, 4.69) is 146 Å². The zero-order chi connectivity index (χ0) is 25.8. The van der Waals surface area contributed by atoms with Gasteiger partial charge in [-0.05, 0) is 88.6 Å². The third kappa shape index (κ3) is 3.46. The standard InChI is InChI=1S/C39H26/c1-2-12-26(13-3-1)24-36-30-16-6-10-20-34(30)39(35-21-11-7-17-31(35)36)37-25-28-23-22-27-14-4-5-15-29(27)38(28)33-19-9-8-18-32(33)37/h1-23,25H,24H2. The molecule has 0 aromatic heterocycles. The second-order valence-corrected chi connectivity index (χ2v) is 10.5. The third-order valence-electron chi connectivity index (χ3n) is 8.28. The first-order valence-corrected chi connectivity index (χ1v) is 13.7. The summed E-state index contributed by atoms with van der Waals surface area (Å²) in [6, 6.07) is 53.5. The Morgan fingerprint density at radius 3 is 1.56 bits per heavy atom. The Hall–Kier alpha value is -4.94. The van der Waals surface area contributed by atoms with E-state index in [9.17, 15) is 0 Å². The third-order valence-corrected chi connectivity index (χ3v) is 8.28. The Balaban J connectivity index is 1.53. The summed E-state index contributed by atoms with van der Waals surface area (Å²) in [4.78, 5) is 0. The van der Waals surface area contributed by atoms with E-state index in [1.807, 2.05) is 0 Å². The number of hydrogen-bond donors (Lipinski definition) is 0. The molecule has 0 atom stereocenters. The van der Waals surface area contributed by atoms with Crippen molar-refractivity contribution in [1.29, 1.82) is 0 Å². The summed E-state index contributed by atoms with van der Waals surface area (Å²) in [6.45, 7) is 0. The van der Waals surface area contributed by atoms with Crippen LogP contribution in [0.15, 0.2) is 146 Å². The first-order valence-electron chi connectivity index (χ1n) is 13.7. The van der Waals surface area contributed by atoms with E-state index in [0.717, 1.165) is 6.42 Å². The van der Waals surface area contributed by atoms with Crippen molar-refractivity contribution in [3.8, 4) is 11.1 Å². The summed E-state index contributed by atoms with van der Waals surface area (Å²) < 4.78 is 0. The quantitative estimate of drug-likeness (QED) is 0.169. The molecule has 0 aliphatic carbocycles. The first kappa shape index (κ1) is 22.1. The van der Waals surface area contributed by atoms with E-state index in [0.29, 0.717) is 0 Å². The van der Waals surface area contributed by atoms with E-state index >= 15 is 0 Å². The fraction of sp³-hybridized carbons (Fsp3) is 0.0256. The largest absolute Gasteiger partial charge is 0.0622 e. The summed E-state index contributed by atoms with van der Waals surface area (Å²) in [7, 11) is 0. The molecule has 0 unspecified atom stereocenters. The molecule has 0 heterocycles. The molecule has 0 heteroatoms. The Morgan fingerprint density at radius 1 is 0.359 bits per heavy atom. The van der Waals surface area contributed by atoms with Gasteiger partial charge in [-0.15, -0.1) is 0 Å². The molecular weight excluding hydrogens is 468 g/mol. The molecule has 8 rings (SSSR count). The van der Waals surface area contributed by atoms with Gasteiger partial charge < -0.3 is 0 Å². The predicted molar refractivity (Wildman–Crippen MR) is 169 cm³/mol. The lowest BCUT2D eigenvalue weighted by molar-refractivity contribution is 1.23. The van der Waals surface area contributed by atoms with Gasteiger partial charge in [0.2, 0.25) is 0 Å². The fourth-order valence-corrected chi connectivity index (χ4v) is 6.58. The number of rotatable bonds is 3. The smallest absolute Gasteiger partial charge is 0.00134 e. The molecule has 0 N–H and O–H groups in total. The molecule has 0 saturated carbocycles. The molecule has 8 aromatic rings. The molecule has 0 amide bonds. The minimum absolute atomic E-state index is 0.909. The van der Waals surface area contributed by atoms with Crippen molar-refractivity contribution < 1.29 is 0 Å². The molecule has 0 bridgehead atoms. The lowest BCUT2D eigenvalue weighted by Crippen LogP contribution is -1.96. The van der Waals surface area contributed by atoms with Crippen LogP contribution in [0, 0.1) is 0 Å². The summed E-state index contributed by atoms with van der Waals surface area (Å²) >= 11 is 0. The van der Waals surface area contributed by atoms with Gasteiger partial charge in [-0.3, -0.25) is 0 Å². The molecule has 0 radical (unpaired) electrons. The topological polar surface area (TPSA) is 0 Å². The number of benzene rings is 8. The predicted octanol–water partition coefficient (Wildman–Crippen LogP) is 10.7. The second kappa shape index (κ2) is 8.82. The Bertz CT molecular complexity index is 2130. The summed E-state index contributed by atoms with van der Waals surface area (Å²) in [6.07, 6.45) is 0.909. The van der Waals surface area contributed by atoms with E-state index in [4.69, 9.17) is 0 Å². The van der Waals surface area contributed by atoms with Crippen molar-refractivity contribution in [2.45, 2.75) is 6.42 Å². The van der Waals surface area contributed by atoms with Crippen molar-refractivity contribution in [2.75, 3.05) is 0 Å².